The van der Waals surface area contributed by atoms with Crippen LogP contribution < -0.4 is 4.74 Å². The van der Waals surface area contributed by atoms with E-state index >= 15 is 0 Å². The van der Waals surface area contributed by atoms with Gasteiger partial charge in [0.15, 0.2) is 17.4 Å². The van der Waals surface area contributed by atoms with E-state index in [0.29, 0.717) is 12.7 Å². The van der Waals surface area contributed by atoms with Crippen molar-refractivity contribution in [3.05, 3.63) is 35.4 Å². The molecule has 1 heterocycles. The molecular formula is C11H8F4O2. The van der Waals surface area contributed by atoms with Crippen LogP contribution in [0.2, 0.25) is 0 Å². The van der Waals surface area contributed by atoms with Crippen LogP contribution in [0.4, 0.5) is 17.6 Å². The molecule has 0 aromatic heterocycles. The largest absolute Gasteiger partial charge is 0.485 e. The van der Waals surface area contributed by atoms with Crippen molar-refractivity contribution in [3.8, 4) is 5.75 Å². The minimum absolute atomic E-state index is 0.153. The zero-order valence-corrected chi connectivity index (χ0v) is 8.60. The van der Waals surface area contributed by atoms with Gasteiger partial charge < -0.3 is 9.47 Å². The molecule has 1 aliphatic heterocycles. The number of ether oxygens (including phenoxy) is 2. The van der Waals surface area contributed by atoms with Crippen molar-refractivity contribution in [1.82, 2.24) is 0 Å². The van der Waals surface area contributed by atoms with E-state index in [-0.39, 0.29) is 12.7 Å². The number of benzene rings is 1. The van der Waals surface area contributed by atoms with Crippen molar-refractivity contribution in [1.29, 1.82) is 0 Å². The number of hydrogen-bond donors (Lipinski definition) is 0. The summed E-state index contributed by atoms with van der Waals surface area (Å²) < 4.78 is 62.7. The van der Waals surface area contributed by atoms with Crippen LogP contribution >= 0.6 is 0 Å². The molecule has 0 N–H and O–H groups in total. The van der Waals surface area contributed by atoms with E-state index < -0.39 is 34.6 Å². The van der Waals surface area contributed by atoms with Crippen molar-refractivity contribution < 1.29 is 27.0 Å². The van der Waals surface area contributed by atoms with E-state index in [9.17, 15) is 17.6 Å². The second-order valence-corrected chi connectivity index (χ2v) is 3.47. The van der Waals surface area contributed by atoms with Gasteiger partial charge in [-0.1, -0.05) is 12.7 Å². The monoisotopic (exact) mass is 248 g/mol. The molecule has 2 nitrogen and oxygen atoms in total. The Balaban J connectivity index is 2.39. The SMILES string of the molecule is C=Cc1c(F)c(F)c(OCC2CO2)c(F)c1F. The van der Waals surface area contributed by atoms with Crippen LogP contribution in [0.15, 0.2) is 6.58 Å². The van der Waals surface area contributed by atoms with E-state index in [1.165, 1.54) is 0 Å². The normalized spacial score (nSPS) is 18.0. The van der Waals surface area contributed by atoms with Gasteiger partial charge in [-0.25, -0.2) is 8.78 Å². The first kappa shape index (κ1) is 11.9. The summed E-state index contributed by atoms with van der Waals surface area (Å²) in [5, 5.41) is 0. The van der Waals surface area contributed by atoms with Gasteiger partial charge in [-0.2, -0.15) is 8.78 Å². The summed E-state index contributed by atoms with van der Waals surface area (Å²) in [7, 11) is 0. The Labute approximate surface area is 94.4 Å². The maximum atomic E-state index is 13.4. The van der Waals surface area contributed by atoms with Crippen LogP contribution in [0.3, 0.4) is 0 Å². The lowest BCUT2D eigenvalue weighted by Crippen LogP contribution is -2.10. The Morgan fingerprint density at radius 1 is 1.18 bits per heavy atom. The van der Waals surface area contributed by atoms with Crippen molar-refractivity contribution in [2.45, 2.75) is 6.10 Å². The third-order valence-electron chi connectivity index (χ3n) is 2.28. The molecule has 1 atom stereocenters. The minimum Gasteiger partial charge on any atom is -0.485 e. The van der Waals surface area contributed by atoms with Crippen LogP contribution in [-0.2, 0) is 4.74 Å². The lowest BCUT2D eigenvalue weighted by molar-refractivity contribution is 0.236. The molecule has 0 spiro atoms. The molecule has 0 saturated carbocycles. The predicted molar refractivity (Wildman–Crippen MR) is 51.6 cm³/mol. The first-order chi connectivity index (χ1) is 8.06. The maximum Gasteiger partial charge on any atom is 0.204 e. The van der Waals surface area contributed by atoms with Crippen LogP contribution in [0.25, 0.3) is 6.08 Å². The summed E-state index contributed by atoms with van der Waals surface area (Å²) in [5.74, 6) is -7.25. The Morgan fingerprint density at radius 2 is 1.71 bits per heavy atom. The zero-order valence-electron chi connectivity index (χ0n) is 8.60. The average Bonchev–Trinajstić information content (AvgIpc) is 3.11. The highest BCUT2D eigenvalue weighted by Gasteiger charge is 2.28. The van der Waals surface area contributed by atoms with Crippen LogP contribution in [0.1, 0.15) is 5.56 Å². The quantitative estimate of drug-likeness (QED) is 0.464. The molecule has 0 amide bonds. The van der Waals surface area contributed by atoms with E-state index in [2.05, 4.69) is 11.3 Å². The van der Waals surface area contributed by atoms with E-state index in [1.54, 1.807) is 0 Å². The van der Waals surface area contributed by atoms with Crippen molar-refractivity contribution in [2.75, 3.05) is 13.2 Å². The molecule has 1 aromatic rings. The summed E-state index contributed by atoms with van der Waals surface area (Å²) in [4.78, 5) is 0. The first-order valence-corrected chi connectivity index (χ1v) is 4.79. The molecule has 1 saturated heterocycles. The Morgan fingerprint density at radius 3 is 2.12 bits per heavy atom. The fourth-order valence-electron chi connectivity index (χ4n) is 1.28. The van der Waals surface area contributed by atoms with E-state index in [1.807, 2.05) is 0 Å². The van der Waals surface area contributed by atoms with Gasteiger partial charge >= 0.3 is 0 Å². The topological polar surface area (TPSA) is 21.8 Å². The molecule has 0 bridgehead atoms. The van der Waals surface area contributed by atoms with Gasteiger partial charge in [-0.3, -0.25) is 0 Å². The van der Waals surface area contributed by atoms with Crippen LogP contribution in [0.5, 0.6) is 5.75 Å². The Kier molecular flexibility index (Phi) is 3.06. The first-order valence-electron chi connectivity index (χ1n) is 4.79. The molecule has 1 aromatic carbocycles. The lowest BCUT2D eigenvalue weighted by Gasteiger charge is -2.10. The van der Waals surface area contributed by atoms with Crippen molar-refractivity contribution in [2.24, 2.45) is 0 Å². The predicted octanol–water partition coefficient (Wildman–Crippen LogP) is 2.66. The summed E-state index contributed by atoms with van der Waals surface area (Å²) in [5.41, 5.74) is -0.852. The molecule has 1 aliphatic rings. The van der Waals surface area contributed by atoms with Crippen molar-refractivity contribution >= 4 is 6.08 Å². The van der Waals surface area contributed by atoms with Crippen molar-refractivity contribution in [3.63, 3.8) is 0 Å². The maximum absolute atomic E-state index is 13.4. The van der Waals surface area contributed by atoms with Gasteiger partial charge in [0.1, 0.15) is 12.7 Å². The third-order valence-corrected chi connectivity index (χ3v) is 2.28. The van der Waals surface area contributed by atoms with Gasteiger partial charge in [0.25, 0.3) is 0 Å². The molecule has 0 aliphatic carbocycles. The van der Waals surface area contributed by atoms with E-state index in [4.69, 9.17) is 4.74 Å². The number of epoxide rings is 1. The third kappa shape index (κ3) is 2.12. The molecule has 1 fully saturated rings. The molecule has 6 heteroatoms. The van der Waals surface area contributed by atoms with Gasteiger partial charge in [-0.05, 0) is 0 Å². The van der Waals surface area contributed by atoms with E-state index in [0.717, 1.165) is 0 Å². The second-order valence-electron chi connectivity index (χ2n) is 3.47. The van der Waals surface area contributed by atoms with Gasteiger partial charge in [0.2, 0.25) is 11.6 Å². The standard InChI is InChI=1S/C11H8F4O2/c1-2-6-7(12)9(14)11(10(15)8(6)13)17-4-5-3-16-5/h2,5H,1,3-4H2. The van der Waals surface area contributed by atoms with Crippen LogP contribution in [0, 0.1) is 23.3 Å². The summed E-state index contributed by atoms with van der Waals surface area (Å²) >= 11 is 0. The Bertz CT molecular complexity index is 440. The molecular weight excluding hydrogens is 240 g/mol. The molecule has 92 valence electrons. The highest BCUT2D eigenvalue weighted by atomic mass is 19.2. The van der Waals surface area contributed by atoms with Gasteiger partial charge in [0, 0.05) is 0 Å². The fraction of sp³-hybridized carbons (Fsp3) is 0.273. The van der Waals surface area contributed by atoms with Crippen LogP contribution in [-0.4, -0.2) is 19.3 Å². The molecule has 17 heavy (non-hydrogen) atoms. The summed E-state index contributed by atoms with van der Waals surface area (Å²) in [6.07, 6.45) is 0.420. The highest BCUT2D eigenvalue weighted by molar-refractivity contribution is 5.51. The Hall–Kier alpha value is -1.56. The summed E-state index contributed by atoms with van der Waals surface area (Å²) in [6.45, 7) is 3.32. The molecule has 1 unspecified atom stereocenters. The molecule has 2 rings (SSSR count). The zero-order chi connectivity index (χ0) is 12.6. The van der Waals surface area contributed by atoms with Gasteiger partial charge in [-0.15, -0.1) is 0 Å². The number of rotatable bonds is 4. The lowest BCUT2D eigenvalue weighted by atomic mass is 10.1. The van der Waals surface area contributed by atoms with Gasteiger partial charge in [0.05, 0.1) is 12.2 Å². The second kappa shape index (κ2) is 4.37. The fourth-order valence-corrected chi connectivity index (χ4v) is 1.28. The smallest absolute Gasteiger partial charge is 0.204 e. The minimum atomic E-state index is -1.57. The highest BCUT2D eigenvalue weighted by Crippen LogP contribution is 2.31. The number of halogens is 4. The summed E-state index contributed by atoms with van der Waals surface area (Å²) in [6, 6.07) is 0. The molecule has 0 radical (unpaired) electrons. The number of hydrogen-bond acceptors (Lipinski definition) is 2. The average molecular weight is 248 g/mol.